The van der Waals surface area contributed by atoms with Crippen LogP contribution in [0.25, 0.3) is 10.8 Å². The maximum Gasteiger partial charge on any atom is 0.206 e. The highest BCUT2D eigenvalue weighted by Gasteiger charge is 2.19. The number of hydrogen-bond donors (Lipinski definition) is 0. The predicted molar refractivity (Wildman–Crippen MR) is 75.1 cm³/mol. The summed E-state index contributed by atoms with van der Waals surface area (Å²) in [6.07, 6.45) is 0. The summed E-state index contributed by atoms with van der Waals surface area (Å²) in [5, 5.41) is 1.91. The van der Waals surface area contributed by atoms with Crippen LogP contribution in [0, 0.1) is 0 Å². The molecule has 0 N–H and O–H groups in total. The van der Waals surface area contributed by atoms with Gasteiger partial charge in [-0.2, -0.15) is 0 Å². The van der Waals surface area contributed by atoms with E-state index in [-0.39, 0.29) is 9.80 Å². The normalized spacial score (nSPS) is 11.4. The Morgan fingerprint density at radius 3 is 2.22 bits per heavy atom. The molecule has 0 unspecified atom stereocenters. The summed E-state index contributed by atoms with van der Waals surface area (Å²) in [7, 11) is -3.52. The van der Waals surface area contributed by atoms with Crippen molar-refractivity contribution in [3.63, 3.8) is 0 Å². The number of allylic oxidation sites excluding steroid dienone is 1. The van der Waals surface area contributed by atoms with Crippen LogP contribution in [0.5, 0.6) is 0 Å². The van der Waals surface area contributed by atoms with Gasteiger partial charge in [0.2, 0.25) is 9.84 Å². The molecule has 0 atom stereocenters. The highest BCUT2D eigenvalue weighted by atomic mass is 32.2. The maximum atomic E-state index is 12.3. The average Bonchev–Trinajstić information content (AvgIpc) is 2.37. The number of hydrogen-bond acceptors (Lipinski definition) is 2. The van der Waals surface area contributed by atoms with Gasteiger partial charge in [-0.15, -0.1) is 0 Å². The second-order valence-electron chi connectivity index (χ2n) is 4.22. The zero-order chi connectivity index (χ0) is 13.3. The molecule has 0 aliphatic heterocycles. The molecule has 0 aromatic heterocycles. The molecule has 2 rings (SSSR count). The van der Waals surface area contributed by atoms with Crippen molar-refractivity contribution in [3.8, 4) is 0 Å². The molecular formula is C15H14O2S. The summed E-state index contributed by atoms with van der Waals surface area (Å²) < 4.78 is 24.5. The van der Waals surface area contributed by atoms with Gasteiger partial charge in [0.1, 0.15) is 0 Å². The Bertz CT molecular complexity index is 740. The van der Waals surface area contributed by atoms with E-state index in [0.29, 0.717) is 5.57 Å². The zero-order valence-corrected chi connectivity index (χ0v) is 11.0. The summed E-state index contributed by atoms with van der Waals surface area (Å²) >= 11 is 0. The van der Waals surface area contributed by atoms with Crippen LogP contribution in [0.15, 0.2) is 71.0 Å². The molecule has 0 bridgehead atoms. The monoisotopic (exact) mass is 258 g/mol. The molecule has 2 aromatic rings. The predicted octanol–water partition coefficient (Wildman–Crippen LogP) is 3.70. The van der Waals surface area contributed by atoms with E-state index in [1.165, 1.54) is 0 Å². The molecule has 3 heteroatoms. The van der Waals surface area contributed by atoms with Crippen LogP contribution >= 0.6 is 0 Å². The average molecular weight is 258 g/mol. The SMILES string of the molecule is C=C(C)C(=C)S(=O)(=O)c1ccc2ccccc2c1. The van der Waals surface area contributed by atoms with Gasteiger partial charge in [0.15, 0.2) is 0 Å². The Labute approximate surface area is 107 Å². The van der Waals surface area contributed by atoms with Crippen LogP contribution in [0.4, 0.5) is 0 Å². The third-order valence-electron chi connectivity index (χ3n) is 2.83. The molecule has 0 heterocycles. The van der Waals surface area contributed by atoms with Gasteiger partial charge in [-0.25, -0.2) is 8.42 Å². The van der Waals surface area contributed by atoms with E-state index in [9.17, 15) is 8.42 Å². The summed E-state index contributed by atoms with van der Waals surface area (Å²) in [6.45, 7) is 8.87. The molecule has 0 spiro atoms. The third-order valence-corrected chi connectivity index (χ3v) is 4.70. The topological polar surface area (TPSA) is 34.1 Å². The lowest BCUT2D eigenvalue weighted by Gasteiger charge is -2.08. The van der Waals surface area contributed by atoms with Crippen molar-refractivity contribution >= 4 is 20.6 Å². The van der Waals surface area contributed by atoms with Crippen molar-refractivity contribution in [3.05, 3.63) is 66.1 Å². The molecule has 2 aromatic carbocycles. The smallest absolute Gasteiger partial charge is 0.206 e. The molecule has 0 saturated heterocycles. The first-order valence-electron chi connectivity index (χ1n) is 5.51. The molecule has 0 fully saturated rings. The Balaban J connectivity index is 2.62. The fraction of sp³-hybridized carbons (Fsp3) is 0.0667. The van der Waals surface area contributed by atoms with Crippen molar-refractivity contribution in [1.29, 1.82) is 0 Å². The lowest BCUT2D eigenvalue weighted by molar-refractivity contribution is 0.603. The van der Waals surface area contributed by atoms with E-state index in [1.54, 1.807) is 25.1 Å². The molecule has 92 valence electrons. The summed E-state index contributed by atoms with van der Waals surface area (Å²) in [4.78, 5) is 0.326. The van der Waals surface area contributed by atoms with Crippen LogP contribution in [0.3, 0.4) is 0 Å². The number of benzene rings is 2. The van der Waals surface area contributed by atoms with Crippen molar-refractivity contribution in [1.82, 2.24) is 0 Å². The maximum absolute atomic E-state index is 12.3. The fourth-order valence-corrected chi connectivity index (χ4v) is 2.98. The second kappa shape index (κ2) is 4.42. The van der Waals surface area contributed by atoms with Gasteiger partial charge < -0.3 is 0 Å². The summed E-state index contributed by atoms with van der Waals surface area (Å²) in [5.41, 5.74) is 0.461. The van der Waals surface area contributed by atoms with Crippen LogP contribution in [0.1, 0.15) is 6.92 Å². The Morgan fingerprint density at radius 1 is 1.00 bits per heavy atom. The first kappa shape index (κ1) is 12.6. The van der Waals surface area contributed by atoms with E-state index < -0.39 is 9.84 Å². The van der Waals surface area contributed by atoms with Crippen molar-refractivity contribution in [2.24, 2.45) is 0 Å². The molecule has 0 amide bonds. The minimum absolute atomic E-state index is 0.0674. The first-order valence-corrected chi connectivity index (χ1v) is 7.00. The fourth-order valence-electron chi connectivity index (χ4n) is 1.71. The highest BCUT2D eigenvalue weighted by molar-refractivity contribution is 7.95. The summed E-state index contributed by atoms with van der Waals surface area (Å²) in [6, 6.07) is 12.7. The van der Waals surface area contributed by atoms with Crippen LogP contribution < -0.4 is 0 Å². The van der Waals surface area contributed by atoms with Gasteiger partial charge >= 0.3 is 0 Å². The van der Waals surface area contributed by atoms with E-state index in [4.69, 9.17) is 0 Å². The Morgan fingerprint density at radius 2 is 1.61 bits per heavy atom. The molecule has 0 aliphatic rings. The van der Waals surface area contributed by atoms with Gasteiger partial charge in [-0.3, -0.25) is 0 Å². The highest BCUT2D eigenvalue weighted by Crippen LogP contribution is 2.25. The van der Waals surface area contributed by atoms with Crippen molar-refractivity contribution in [2.45, 2.75) is 11.8 Å². The molecule has 0 saturated carbocycles. The van der Waals surface area contributed by atoms with Gasteiger partial charge in [-0.05, 0) is 35.4 Å². The zero-order valence-electron chi connectivity index (χ0n) is 10.2. The molecular weight excluding hydrogens is 244 g/mol. The van der Waals surface area contributed by atoms with Gasteiger partial charge in [-0.1, -0.05) is 43.5 Å². The minimum Gasteiger partial charge on any atom is -0.219 e. The lowest BCUT2D eigenvalue weighted by Crippen LogP contribution is -2.04. The van der Waals surface area contributed by atoms with E-state index in [1.807, 2.05) is 24.3 Å². The van der Waals surface area contributed by atoms with Crippen LogP contribution in [-0.2, 0) is 9.84 Å². The molecule has 2 nitrogen and oxygen atoms in total. The van der Waals surface area contributed by atoms with E-state index in [2.05, 4.69) is 13.2 Å². The van der Waals surface area contributed by atoms with Crippen LogP contribution in [0.2, 0.25) is 0 Å². The largest absolute Gasteiger partial charge is 0.219 e. The first-order chi connectivity index (χ1) is 8.43. The van der Waals surface area contributed by atoms with Gasteiger partial charge in [0, 0.05) is 0 Å². The van der Waals surface area contributed by atoms with E-state index in [0.717, 1.165) is 10.8 Å². The van der Waals surface area contributed by atoms with Crippen molar-refractivity contribution < 1.29 is 8.42 Å². The number of rotatable bonds is 3. The molecule has 0 radical (unpaired) electrons. The number of fused-ring (bicyclic) bond motifs is 1. The van der Waals surface area contributed by atoms with Gasteiger partial charge in [0.05, 0.1) is 9.80 Å². The third kappa shape index (κ3) is 2.09. The van der Waals surface area contributed by atoms with E-state index >= 15 is 0 Å². The Kier molecular flexibility index (Phi) is 3.09. The van der Waals surface area contributed by atoms with Gasteiger partial charge in [0.25, 0.3) is 0 Å². The Hall–Kier alpha value is -1.87. The summed E-state index contributed by atoms with van der Waals surface area (Å²) in [5.74, 6) is 0. The number of sulfone groups is 1. The molecule has 0 aliphatic carbocycles. The quantitative estimate of drug-likeness (QED) is 0.787. The molecule has 18 heavy (non-hydrogen) atoms. The lowest BCUT2D eigenvalue weighted by atomic mass is 10.1. The van der Waals surface area contributed by atoms with Crippen molar-refractivity contribution in [2.75, 3.05) is 0 Å². The standard InChI is InChI=1S/C15H14O2S/c1-11(2)12(3)18(16,17)15-9-8-13-6-4-5-7-14(13)10-15/h4-10H,1,3H2,2H3. The minimum atomic E-state index is -3.52. The van der Waals surface area contributed by atoms with Crippen LogP contribution in [-0.4, -0.2) is 8.42 Å². The second-order valence-corrected chi connectivity index (χ2v) is 6.19.